The zero-order valence-corrected chi connectivity index (χ0v) is 12.8. The molecule has 1 aromatic carbocycles. The highest BCUT2D eigenvalue weighted by atomic mass is 79.9. The fourth-order valence-electron chi connectivity index (χ4n) is 1.39. The zero-order valence-electron chi connectivity index (χ0n) is 11.3. The minimum absolute atomic E-state index is 0.355. The number of carbonyl (C=O) groups is 2. The highest BCUT2D eigenvalue weighted by Crippen LogP contribution is 2.11. The standard InChI is InChI=1S/C13H17BrN2O4/c1-13(20,11(17)18)8-15-12(19)16(2)7-9-3-5-10(14)6-4-9/h3-6,20H,7-8H2,1-2H3,(H,15,19)(H,17,18). The summed E-state index contributed by atoms with van der Waals surface area (Å²) in [6, 6.07) is 7.05. The van der Waals surface area contributed by atoms with E-state index in [1.807, 2.05) is 24.3 Å². The Labute approximate surface area is 125 Å². The predicted molar refractivity (Wildman–Crippen MR) is 77.3 cm³/mol. The van der Waals surface area contributed by atoms with Crippen molar-refractivity contribution in [2.45, 2.75) is 19.1 Å². The normalized spacial score (nSPS) is 13.4. The lowest BCUT2D eigenvalue weighted by atomic mass is 10.1. The van der Waals surface area contributed by atoms with Gasteiger partial charge in [-0.2, -0.15) is 0 Å². The van der Waals surface area contributed by atoms with Crippen LogP contribution in [-0.4, -0.2) is 46.3 Å². The van der Waals surface area contributed by atoms with Gasteiger partial charge in [-0.25, -0.2) is 9.59 Å². The van der Waals surface area contributed by atoms with Gasteiger partial charge >= 0.3 is 12.0 Å². The number of carboxylic acids is 1. The largest absolute Gasteiger partial charge is 0.479 e. The van der Waals surface area contributed by atoms with Gasteiger partial charge in [-0.05, 0) is 24.6 Å². The van der Waals surface area contributed by atoms with Crippen molar-refractivity contribution in [3.8, 4) is 0 Å². The first-order valence-electron chi connectivity index (χ1n) is 5.91. The third-order valence-corrected chi connectivity index (χ3v) is 3.25. The van der Waals surface area contributed by atoms with E-state index in [1.54, 1.807) is 7.05 Å². The van der Waals surface area contributed by atoms with Crippen molar-refractivity contribution < 1.29 is 19.8 Å². The molecule has 0 spiro atoms. The van der Waals surface area contributed by atoms with Crippen LogP contribution < -0.4 is 5.32 Å². The van der Waals surface area contributed by atoms with Crippen molar-refractivity contribution in [1.82, 2.24) is 10.2 Å². The van der Waals surface area contributed by atoms with Crippen LogP contribution in [0, 0.1) is 0 Å². The molecule has 0 saturated carbocycles. The lowest BCUT2D eigenvalue weighted by Crippen LogP contribution is -2.49. The molecule has 1 rings (SSSR count). The zero-order chi connectivity index (χ0) is 15.3. The maximum Gasteiger partial charge on any atom is 0.337 e. The van der Waals surface area contributed by atoms with Crippen LogP contribution in [0.25, 0.3) is 0 Å². The molecule has 1 unspecified atom stereocenters. The summed E-state index contributed by atoms with van der Waals surface area (Å²) in [7, 11) is 1.59. The Morgan fingerprint density at radius 3 is 2.40 bits per heavy atom. The smallest absolute Gasteiger partial charge is 0.337 e. The van der Waals surface area contributed by atoms with E-state index in [4.69, 9.17) is 5.11 Å². The molecule has 0 bridgehead atoms. The lowest BCUT2D eigenvalue weighted by Gasteiger charge is -2.22. The fourth-order valence-corrected chi connectivity index (χ4v) is 1.66. The second-order valence-electron chi connectivity index (χ2n) is 4.72. The van der Waals surface area contributed by atoms with Gasteiger partial charge in [-0.3, -0.25) is 0 Å². The molecule has 0 aliphatic rings. The summed E-state index contributed by atoms with van der Waals surface area (Å²) >= 11 is 3.32. The second-order valence-corrected chi connectivity index (χ2v) is 5.64. The molecule has 0 heterocycles. The van der Waals surface area contributed by atoms with Crippen LogP contribution in [0.2, 0.25) is 0 Å². The van der Waals surface area contributed by atoms with Gasteiger partial charge in [0.15, 0.2) is 5.60 Å². The molecule has 3 N–H and O–H groups in total. The number of nitrogens with zero attached hydrogens (tertiary/aromatic N) is 1. The number of aliphatic hydroxyl groups is 1. The molecule has 7 heteroatoms. The first-order valence-corrected chi connectivity index (χ1v) is 6.71. The number of hydrogen-bond acceptors (Lipinski definition) is 3. The lowest BCUT2D eigenvalue weighted by molar-refractivity contribution is -0.155. The van der Waals surface area contributed by atoms with E-state index in [0.717, 1.165) is 17.0 Å². The molecule has 0 radical (unpaired) electrons. The Balaban J connectivity index is 2.51. The highest BCUT2D eigenvalue weighted by Gasteiger charge is 2.30. The molecule has 110 valence electrons. The molecule has 1 aromatic rings. The SMILES string of the molecule is CN(Cc1ccc(Br)cc1)C(=O)NCC(C)(O)C(=O)O. The molecule has 0 aliphatic heterocycles. The fraction of sp³-hybridized carbons (Fsp3) is 0.385. The van der Waals surface area contributed by atoms with Crippen LogP contribution in [0.5, 0.6) is 0 Å². The number of nitrogens with one attached hydrogen (secondary N) is 1. The van der Waals surface area contributed by atoms with Crippen LogP contribution >= 0.6 is 15.9 Å². The number of carboxylic acid groups (broad SMARTS) is 1. The van der Waals surface area contributed by atoms with Gasteiger partial charge in [0, 0.05) is 18.1 Å². The number of hydrogen-bond donors (Lipinski definition) is 3. The number of halogens is 1. The van der Waals surface area contributed by atoms with E-state index < -0.39 is 17.6 Å². The monoisotopic (exact) mass is 344 g/mol. The first kappa shape index (κ1) is 16.5. The van der Waals surface area contributed by atoms with Gasteiger partial charge in [0.05, 0.1) is 6.54 Å². The van der Waals surface area contributed by atoms with Crippen molar-refractivity contribution in [3.05, 3.63) is 34.3 Å². The summed E-state index contributed by atoms with van der Waals surface area (Å²) < 4.78 is 0.950. The van der Waals surface area contributed by atoms with E-state index in [-0.39, 0.29) is 6.54 Å². The van der Waals surface area contributed by atoms with Crippen molar-refractivity contribution in [2.75, 3.05) is 13.6 Å². The quantitative estimate of drug-likeness (QED) is 0.753. The van der Waals surface area contributed by atoms with E-state index in [0.29, 0.717) is 6.54 Å². The van der Waals surface area contributed by atoms with Crippen LogP contribution in [0.3, 0.4) is 0 Å². The van der Waals surface area contributed by atoms with Crippen LogP contribution in [0.1, 0.15) is 12.5 Å². The van der Waals surface area contributed by atoms with Crippen molar-refractivity contribution >= 4 is 27.9 Å². The number of carbonyl (C=O) groups excluding carboxylic acids is 1. The van der Waals surface area contributed by atoms with Crippen LogP contribution in [0.15, 0.2) is 28.7 Å². The molecular weight excluding hydrogens is 328 g/mol. The van der Waals surface area contributed by atoms with E-state index in [2.05, 4.69) is 21.2 Å². The molecular formula is C13H17BrN2O4. The topological polar surface area (TPSA) is 89.9 Å². The Kier molecular flexibility index (Phi) is 5.52. The molecule has 0 saturated heterocycles. The number of aliphatic carboxylic acids is 1. The summed E-state index contributed by atoms with van der Waals surface area (Å²) in [6.07, 6.45) is 0. The molecule has 0 aromatic heterocycles. The maximum absolute atomic E-state index is 11.8. The van der Waals surface area contributed by atoms with Gasteiger partial charge in [-0.1, -0.05) is 28.1 Å². The number of benzene rings is 1. The van der Waals surface area contributed by atoms with Gasteiger partial charge in [0.25, 0.3) is 0 Å². The van der Waals surface area contributed by atoms with Gasteiger partial charge < -0.3 is 20.4 Å². The molecule has 0 fully saturated rings. The van der Waals surface area contributed by atoms with Crippen molar-refractivity contribution in [1.29, 1.82) is 0 Å². The average molecular weight is 345 g/mol. The van der Waals surface area contributed by atoms with Gasteiger partial charge in [0.2, 0.25) is 0 Å². The second kappa shape index (κ2) is 6.71. The van der Waals surface area contributed by atoms with Crippen molar-refractivity contribution in [3.63, 3.8) is 0 Å². The highest BCUT2D eigenvalue weighted by molar-refractivity contribution is 9.10. The molecule has 2 amide bonds. The first-order chi connectivity index (χ1) is 9.22. The maximum atomic E-state index is 11.8. The Morgan fingerprint density at radius 2 is 1.90 bits per heavy atom. The summed E-state index contributed by atoms with van der Waals surface area (Å²) in [5.74, 6) is -1.38. The third-order valence-electron chi connectivity index (χ3n) is 2.72. The predicted octanol–water partition coefficient (Wildman–Crippen LogP) is 1.43. The van der Waals surface area contributed by atoms with Gasteiger partial charge in [-0.15, -0.1) is 0 Å². The Bertz CT molecular complexity index is 488. The Morgan fingerprint density at radius 1 is 1.35 bits per heavy atom. The molecule has 6 nitrogen and oxygen atoms in total. The average Bonchev–Trinajstić information content (AvgIpc) is 2.38. The van der Waals surface area contributed by atoms with Crippen LogP contribution in [0.4, 0.5) is 4.79 Å². The molecule has 0 aliphatic carbocycles. The van der Waals surface area contributed by atoms with Gasteiger partial charge in [0.1, 0.15) is 0 Å². The van der Waals surface area contributed by atoms with E-state index in [1.165, 1.54) is 4.90 Å². The third kappa shape index (κ3) is 4.82. The summed E-state index contributed by atoms with van der Waals surface area (Å²) in [6.45, 7) is 1.16. The number of rotatable bonds is 5. The van der Waals surface area contributed by atoms with Crippen LogP contribution in [-0.2, 0) is 11.3 Å². The summed E-state index contributed by atoms with van der Waals surface area (Å²) in [5.41, 5.74) is -1.04. The number of amides is 2. The minimum atomic E-state index is -1.98. The minimum Gasteiger partial charge on any atom is -0.479 e. The van der Waals surface area contributed by atoms with Crippen molar-refractivity contribution in [2.24, 2.45) is 0 Å². The Hall–Kier alpha value is -1.60. The summed E-state index contributed by atoms with van der Waals surface area (Å²) in [5, 5.41) is 20.6. The van der Waals surface area contributed by atoms with E-state index >= 15 is 0 Å². The number of urea groups is 1. The summed E-state index contributed by atoms with van der Waals surface area (Å²) in [4.78, 5) is 23.9. The van der Waals surface area contributed by atoms with E-state index in [9.17, 15) is 14.7 Å². The molecule has 1 atom stereocenters. The molecule has 20 heavy (non-hydrogen) atoms.